The van der Waals surface area contributed by atoms with E-state index in [-0.39, 0.29) is 5.41 Å². The number of hydrogen-bond acceptors (Lipinski definition) is 4. The smallest absolute Gasteiger partial charge is 0.173 e. The van der Waals surface area contributed by atoms with Gasteiger partial charge in [-0.15, -0.1) is 0 Å². The van der Waals surface area contributed by atoms with Gasteiger partial charge in [-0.3, -0.25) is 4.98 Å². The van der Waals surface area contributed by atoms with Crippen molar-refractivity contribution in [3.05, 3.63) is 30.7 Å². The summed E-state index contributed by atoms with van der Waals surface area (Å²) in [5.74, 6) is 0.681. The predicted molar refractivity (Wildman–Crippen MR) is 55.6 cm³/mol. The zero-order valence-corrected chi connectivity index (χ0v) is 9.05. The Bertz CT molecular complexity index is 424. The Labute approximate surface area is 88.2 Å². The van der Waals surface area contributed by atoms with Crippen molar-refractivity contribution in [1.82, 2.24) is 24.7 Å². The molecule has 2 heterocycles. The Kier molecular flexibility index (Phi) is 2.22. The maximum Gasteiger partial charge on any atom is 0.173 e. The molecule has 2 aromatic heterocycles. The summed E-state index contributed by atoms with van der Waals surface area (Å²) in [6.07, 6.45) is 6.55. The largest absolute Gasteiger partial charge is 0.255 e. The second-order valence-electron chi connectivity index (χ2n) is 4.35. The first kappa shape index (κ1) is 9.76. The van der Waals surface area contributed by atoms with Crippen molar-refractivity contribution in [2.75, 3.05) is 0 Å². The van der Waals surface area contributed by atoms with Crippen LogP contribution in [0.5, 0.6) is 0 Å². The van der Waals surface area contributed by atoms with Crippen LogP contribution in [0.4, 0.5) is 0 Å². The highest BCUT2D eigenvalue weighted by Gasteiger charge is 2.15. The van der Waals surface area contributed by atoms with E-state index in [0.717, 1.165) is 5.69 Å². The summed E-state index contributed by atoms with van der Waals surface area (Å²) in [4.78, 5) is 12.5. The van der Waals surface area contributed by atoms with E-state index < -0.39 is 0 Å². The molecule has 0 amide bonds. The molecule has 0 saturated carbocycles. The summed E-state index contributed by atoms with van der Waals surface area (Å²) in [6.45, 7) is 6.31. The number of hydrogen-bond donors (Lipinski definition) is 0. The molecule has 0 N–H and O–H groups in total. The minimum Gasteiger partial charge on any atom is -0.255 e. The molecular weight excluding hydrogens is 190 g/mol. The van der Waals surface area contributed by atoms with Gasteiger partial charge in [0.25, 0.3) is 0 Å². The van der Waals surface area contributed by atoms with Crippen LogP contribution in [0.3, 0.4) is 0 Å². The standard InChI is InChI=1S/C10H13N5/c1-10(2,3)8-4-13-9(5-12-8)15-7-11-6-14-15/h4-7H,1-3H3. The molecular formula is C10H13N5. The van der Waals surface area contributed by atoms with E-state index in [1.54, 1.807) is 23.4 Å². The molecule has 0 radical (unpaired) electrons. The molecule has 0 fully saturated rings. The van der Waals surface area contributed by atoms with Gasteiger partial charge in [0.05, 0.1) is 18.1 Å². The van der Waals surface area contributed by atoms with Gasteiger partial charge in [0, 0.05) is 5.41 Å². The molecule has 0 aliphatic heterocycles. The Morgan fingerprint density at radius 1 is 1.13 bits per heavy atom. The van der Waals surface area contributed by atoms with Gasteiger partial charge in [-0.1, -0.05) is 20.8 Å². The van der Waals surface area contributed by atoms with Crippen LogP contribution in [0.1, 0.15) is 26.5 Å². The van der Waals surface area contributed by atoms with Crippen LogP contribution in [0, 0.1) is 0 Å². The zero-order chi connectivity index (χ0) is 10.9. The van der Waals surface area contributed by atoms with Crippen LogP contribution in [0.25, 0.3) is 5.82 Å². The molecule has 5 nitrogen and oxygen atoms in total. The number of aromatic nitrogens is 5. The third-order valence-electron chi connectivity index (χ3n) is 2.06. The monoisotopic (exact) mass is 203 g/mol. The van der Waals surface area contributed by atoms with Crippen molar-refractivity contribution >= 4 is 0 Å². The van der Waals surface area contributed by atoms with Crippen molar-refractivity contribution in [2.45, 2.75) is 26.2 Å². The van der Waals surface area contributed by atoms with Crippen molar-refractivity contribution in [2.24, 2.45) is 0 Å². The summed E-state index contributed by atoms with van der Waals surface area (Å²) < 4.78 is 1.58. The summed E-state index contributed by atoms with van der Waals surface area (Å²) in [5, 5.41) is 3.98. The molecule has 0 spiro atoms. The molecule has 5 heteroatoms. The van der Waals surface area contributed by atoms with Gasteiger partial charge in [0.1, 0.15) is 12.7 Å². The lowest BCUT2D eigenvalue weighted by Gasteiger charge is -2.16. The van der Waals surface area contributed by atoms with E-state index in [2.05, 4.69) is 40.8 Å². The molecule has 2 rings (SSSR count). The van der Waals surface area contributed by atoms with Gasteiger partial charge in [-0.25, -0.2) is 14.6 Å². The molecule has 78 valence electrons. The minimum atomic E-state index is 0.0217. The van der Waals surface area contributed by atoms with Crippen LogP contribution in [0.15, 0.2) is 25.0 Å². The summed E-state index contributed by atoms with van der Waals surface area (Å²) in [6, 6.07) is 0. The summed E-state index contributed by atoms with van der Waals surface area (Å²) >= 11 is 0. The molecule has 0 unspecified atom stereocenters. The van der Waals surface area contributed by atoms with Gasteiger partial charge in [-0.2, -0.15) is 5.10 Å². The Morgan fingerprint density at radius 3 is 2.40 bits per heavy atom. The third-order valence-corrected chi connectivity index (χ3v) is 2.06. The molecule has 15 heavy (non-hydrogen) atoms. The van der Waals surface area contributed by atoms with Gasteiger partial charge < -0.3 is 0 Å². The van der Waals surface area contributed by atoms with Gasteiger partial charge >= 0.3 is 0 Å². The van der Waals surface area contributed by atoms with Gasteiger partial charge in [-0.05, 0) is 0 Å². The molecule has 0 saturated heterocycles. The molecule has 0 aliphatic carbocycles. The average Bonchev–Trinajstić information content (AvgIpc) is 2.69. The third kappa shape index (κ3) is 2.01. The quantitative estimate of drug-likeness (QED) is 0.702. The van der Waals surface area contributed by atoms with E-state index in [1.165, 1.54) is 6.33 Å². The molecule has 0 aromatic carbocycles. The first-order chi connectivity index (χ1) is 7.07. The van der Waals surface area contributed by atoms with Crippen molar-refractivity contribution in [3.63, 3.8) is 0 Å². The fourth-order valence-electron chi connectivity index (χ4n) is 1.15. The molecule has 0 atom stereocenters. The Morgan fingerprint density at radius 2 is 1.93 bits per heavy atom. The maximum absolute atomic E-state index is 4.35. The fraction of sp³-hybridized carbons (Fsp3) is 0.400. The molecule has 2 aromatic rings. The first-order valence-electron chi connectivity index (χ1n) is 4.75. The fourth-order valence-corrected chi connectivity index (χ4v) is 1.15. The first-order valence-corrected chi connectivity index (χ1v) is 4.75. The Balaban J connectivity index is 2.33. The van der Waals surface area contributed by atoms with Crippen LogP contribution in [-0.2, 0) is 5.41 Å². The highest BCUT2D eigenvalue weighted by molar-refractivity contribution is 5.19. The van der Waals surface area contributed by atoms with E-state index in [1.807, 2.05) is 0 Å². The highest BCUT2D eigenvalue weighted by atomic mass is 15.3. The number of nitrogens with zero attached hydrogens (tertiary/aromatic N) is 5. The van der Waals surface area contributed by atoms with Gasteiger partial charge in [0.15, 0.2) is 5.82 Å². The van der Waals surface area contributed by atoms with Crippen molar-refractivity contribution in [1.29, 1.82) is 0 Å². The average molecular weight is 203 g/mol. The molecule has 0 aliphatic rings. The van der Waals surface area contributed by atoms with Crippen molar-refractivity contribution < 1.29 is 0 Å². The summed E-state index contributed by atoms with van der Waals surface area (Å²) in [5.41, 5.74) is 0.986. The van der Waals surface area contributed by atoms with Gasteiger partial charge in [0.2, 0.25) is 0 Å². The van der Waals surface area contributed by atoms with E-state index in [9.17, 15) is 0 Å². The summed E-state index contributed by atoms with van der Waals surface area (Å²) in [7, 11) is 0. The van der Waals surface area contributed by atoms with Crippen LogP contribution in [0.2, 0.25) is 0 Å². The lowest BCUT2D eigenvalue weighted by molar-refractivity contribution is 0.564. The topological polar surface area (TPSA) is 56.5 Å². The van der Waals surface area contributed by atoms with E-state index >= 15 is 0 Å². The van der Waals surface area contributed by atoms with Crippen LogP contribution in [-0.4, -0.2) is 24.7 Å². The van der Waals surface area contributed by atoms with E-state index in [4.69, 9.17) is 0 Å². The second-order valence-corrected chi connectivity index (χ2v) is 4.35. The minimum absolute atomic E-state index is 0.0217. The predicted octanol–water partition coefficient (Wildman–Crippen LogP) is 1.35. The SMILES string of the molecule is CC(C)(C)c1cnc(-n2cncn2)cn1. The van der Waals surface area contributed by atoms with E-state index in [0.29, 0.717) is 5.82 Å². The molecule has 0 bridgehead atoms. The lowest BCUT2D eigenvalue weighted by atomic mass is 9.93. The number of rotatable bonds is 1. The van der Waals surface area contributed by atoms with Crippen LogP contribution < -0.4 is 0 Å². The lowest BCUT2D eigenvalue weighted by Crippen LogP contribution is -2.14. The van der Waals surface area contributed by atoms with Crippen LogP contribution >= 0.6 is 0 Å². The zero-order valence-electron chi connectivity index (χ0n) is 9.05. The normalized spacial score (nSPS) is 11.7. The van der Waals surface area contributed by atoms with Crippen molar-refractivity contribution in [3.8, 4) is 5.82 Å². The second kappa shape index (κ2) is 3.42. The maximum atomic E-state index is 4.35. The highest BCUT2D eigenvalue weighted by Crippen LogP contribution is 2.18. The Hall–Kier alpha value is -1.78.